The molecular weight excluding hydrogens is 374 g/mol. The second kappa shape index (κ2) is 6.88. The Balaban J connectivity index is 1.60. The summed E-state index contributed by atoms with van der Waals surface area (Å²) in [7, 11) is 0. The zero-order chi connectivity index (χ0) is 20.1. The molecule has 0 bridgehead atoms. The van der Waals surface area contributed by atoms with Crippen molar-refractivity contribution in [2.24, 2.45) is 11.3 Å². The predicted octanol–water partition coefficient (Wildman–Crippen LogP) is 5.05. The first-order valence-electron chi connectivity index (χ1n) is 9.76. The van der Waals surface area contributed by atoms with Crippen molar-refractivity contribution >= 4 is 27.9 Å². The highest BCUT2D eigenvalue weighted by Crippen LogP contribution is 2.46. The highest BCUT2D eigenvalue weighted by molar-refractivity contribution is 7.16. The van der Waals surface area contributed by atoms with E-state index < -0.39 is 4.92 Å². The quantitative estimate of drug-likeness (QED) is 0.556. The molecule has 2 aromatic rings. The van der Waals surface area contributed by atoms with Gasteiger partial charge in [-0.25, -0.2) is 0 Å². The highest BCUT2D eigenvalue weighted by atomic mass is 32.1. The Morgan fingerprint density at radius 3 is 2.61 bits per heavy atom. The van der Waals surface area contributed by atoms with Gasteiger partial charge in [0.05, 0.1) is 10.5 Å². The van der Waals surface area contributed by atoms with Crippen LogP contribution in [0.25, 0.3) is 0 Å². The molecule has 4 rings (SSSR count). The number of carbonyl (C=O) groups excluding carboxylic acids is 1. The number of benzene rings is 1. The van der Waals surface area contributed by atoms with Crippen LogP contribution in [0.4, 0.5) is 10.7 Å². The first-order chi connectivity index (χ1) is 13.3. The van der Waals surface area contributed by atoms with E-state index in [0.29, 0.717) is 11.3 Å². The number of anilines is 1. The van der Waals surface area contributed by atoms with Crippen molar-refractivity contribution < 1.29 is 9.72 Å². The van der Waals surface area contributed by atoms with Crippen LogP contribution in [-0.4, -0.2) is 10.8 Å². The maximum Gasteiger partial charge on any atom is 0.269 e. The van der Waals surface area contributed by atoms with Crippen molar-refractivity contribution in [3.8, 4) is 0 Å². The van der Waals surface area contributed by atoms with Crippen molar-refractivity contribution in [2.75, 3.05) is 5.32 Å². The number of nitro groups is 1. The summed E-state index contributed by atoms with van der Waals surface area (Å²) < 4.78 is 0. The lowest BCUT2D eigenvalue weighted by molar-refractivity contribution is -0.384. The minimum absolute atomic E-state index is 0.0442. The number of nitrogens with zero attached hydrogens (tertiary/aromatic N) is 1. The SMILES string of the molecule is CCC(C)(C)[C@@H]1CCc2c(sc3c2C(=O)N[C@H](c2ccc([N+](=O)[O-])cc2)N3)C1. The molecule has 1 aromatic heterocycles. The van der Waals surface area contributed by atoms with Crippen LogP contribution in [-0.2, 0) is 12.8 Å². The largest absolute Gasteiger partial charge is 0.353 e. The summed E-state index contributed by atoms with van der Waals surface area (Å²) in [4.78, 5) is 24.6. The summed E-state index contributed by atoms with van der Waals surface area (Å²) in [6.45, 7) is 6.93. The Morgan fingerprint density at radius 2 is 1.96 bits per heavy atom. The molecule has 0 fully saturated rings. The molecule has 0 spiro atoms. The average Bonchev–Trinajstić information content (AvgIpc) is 3.06. The van der Waals surface area contributed by atoms with Crippen LogP contribution in [0.3, 0.4) is 0 Å². The fourth-order valence-corrected chi connectivity index (χ4v) is 5.56. The van der Waals surface area contributed by atoms with Gasteiger partial charge in [-0.15, -0.1) is 11.3 Å². The second-order valence-corrected chi connectivity index (χ2v) is 9.49. The van der Waals surface area contributed by atoms with E-state index in [1.54, 1.807) is 23.5 Å². The number of hydrogen-bond donors (Lipinski definition) is 2. The van der Waals surface area contributed by atoms with Crippen molar-refractivity contribution in [1.29, 1.82) is 0 Å². The van der Waals surface area contributed by atoms with Gasteiger partial charge in [-0.1, -0.05) is 27.2 Å². The summed E-state index contributed by atoms with van der Waals surface area (Å²) in [6.07, 6.45) is 3.89. The molecule has 6 nitrogen and oxygen atoms in total. The lowest BCUT2D eigenvalue weighted by Gasteiger charge is -2.36. The van der Waals surface area contributed by atoms with Gasteiger partial charge < -0.3 is 10.6 Å². The summed E-state index contributed by atoms with van der Waals surface area (Å²) >= 11 is 1.70. The monoisotopic (exact) mass is 399 g/mol. The molecule has 1 amide bonds. The first kappa shape index (κ1) is 18.9. The van der Waals surface area contributed by atoms with Crippen LogP contribution < -0.4 is 10.6 Å². The third-order valence-electron chi connectivity index (χ3n) is 6.50. The van der Waals surface area contributed by atoms with Crippen LogP contribution in [0.5, 0.6) is 0 Å². The summed E-state index contributed by atoms with van der Waals surface area (Å²) in [5, 5.41) is 18.2. The molecule has 1 aliphatic heterocycles. The molecule has 1 aromatic carbocycles. The molecule has 2 heterocycles. The normalized spacial score (nSPS) is 21.3. The molecule has 0 unspecified atom stereocenters. The fraction of sp³-hybridized carbons (Fsp3) is 0.476. The topological polar surface area (TPSA) is 84.3 Å². The molecular formula is C21H25N3O3S. The van der Waals surface area contributed by atoms with E-state index in [-0.39, 0.29) is 17.8 Å². The average molecular weight is 400 g/mol. The van der Waals surface area contributed by atoms with Crippen LogP contribution >= 0.6 is 11.3 Å². The number of thiophene rings is 1. The lowest BCUT2D eigenvalue weighted by atomic mass is 9.69. The zero-order valence-corrected chi connectivity index (χ0v) is 17.2. The third kappa shape index (κ3) is 3.17. The number of amides is 1. The minimum atomic E-state index is -0.420. The number of nitro benzene ring substituents is 1. The van der Waals surface area contributed by atoms with E-state index in [1.165, 1.54) is 22.6 Å². The molecule has 2 N–H and O–H groups in total. The molecule has 148 valence electrons. The van der Waals surface area contributed by atoms with Gasteiger partial charge >= 0.3 is 0 Å². The van der Waals surface area contributed by atoms with Crippen LogP contribution in [0.15, 0.2) is 24.3 Å². The van der Waals surface area contributed by atoms with Crippen LogP contribution in [0.2, 0.25) is 0 Å². The van der Waals surface area contributed by atoms with Crippen LogP contribution in [0.1, 0.15) is 66.1 Å². The number of non-ortho nitro benzene ring substituents is 1. The zero-order valence-electron chi connectivity index (χ0n) is 16.4. The molecule has 1 aliphatic carbocycles. The van der Waals surface area contributed by atoms with Crippen molar-refractivity contribution in [2.45, 2.75) is 52.6 Å². The molecule has 0 saturated heterocycles. The Kier molecular flexibility index (Phi) is 4.65. The molecule has 28 heavy (non-hydrogen) atoms. The number of rotatable bonds is 4. The van der Waals surface area contributed by atoms with Gasteiger partial charge in [-0.3, -0.25) is 14.9 Å². The Hall–Kier alpha value is -2.41. The maximum absolute atomic E-state index is 12.9. The minimum Gasteiger partial charge on any atom is -0.353 e. The Labute approximate surface area is 168 Å². The van der Waals surface area contributed by atoms with Gasteiger partial charge in [0.25, 0.3) is 11.6 Å². The predicted molar refractivity (Wildman–Crippen MR) is 111 cm³/mol. The Bertz CT molecular complexity index is 933. The number of fused-ring (bicyclic) bond motifs is 3. The van der Waals surface area contributed by atoms with Gasteiger partial charge in [-0.2, -0.15) is 0 Å². The number of carbonyl (C=O) groups is 1. The van der Waals surface area contributed by atoms with Crippen molar-refractivity contribution in [1.82, 2.24) is 5.32 Å². The standard InChI is InChI=1S/C21H25N3O3S/c1-4-21(2,3)13-7-10-15-16(11-13)28-20-17(15)19(25)22-18(23-20)12-5-8-14(9-6-12)24(26)27/h5-6,8-9,13,18,23H,4,7,10-11H2,1-3H3,(H,22,25)/t13-,18+/m1/s1. The van der Waals surface area contributed by atoms with Gasteiger partial charge in [0.2, 0.25) is 0 Å². The summed E-state index contributed by atoms with van der Waals surface area (Å²) in [5.74, 6) is 0.585. The van der Waals surface area contributed by atoms with Crippen molar-refractivity contribution in [3.05, 3.63) is 55.9 Å². The fourth-order valence-electron chi connectivity index (χ4n) is 4.21. The van der Waals surface area contributed by atoms with Gasteiger partial charge in [-0.05, 0) is 53.9 Å². The van der Waals surface area contributed by atoms with E-state index >= 15 is 0 Å². The summed E-state index contributed by atoms with van der Waals surface area (Å²) in [6, 6.07) is 6.31. The molecule has 2 atom stereocenters. The second-order valence-electron chi connectivity index (χ2n) is 8.39. The highest BCUT2D eigenvalue weighted by Gasteiger charge is 2.37. The number of nitrogens with one attached hydrogen (secondary N) is 2. The summed E-state index contributed by atoms with van der Waals surface area (Å²) in [5.41, 5.74) is 3.16. The Morgan fingerprint density at radius 1 is 1.25 bits per heavy atom. The molecule has 0 saturated carbocycles. The van der Waals surface area contributed by atoms with Gasteiger partial charge in [0.15, 0.2) is 0 Å². The van der Waals surface area contributed by atoms with Gasteiger partial charge in [0.1, 0.15) is 11.2 Å². The van der Waals surface area contributed by atoms with E-state index in [0.717, 1.165) is 41.8 Å². The van der Waals surface area contributed by atoms with E-state index in [2.05, 4.69) is 31.4 Å². The lowest BCUT2D eigenvalue weighted by Crippen LogP contribution is -2.38. The van der Waals surface area contributed by atoms with Crippen molar-refractivity contribution in [3.63, 3.8) is 0 Å². The molecule has 0 radical (unpaired) electrons. The smallest absolute Gasteiger partial charge is 0.269 e. The van der Waals surface area contributed by atoms with E-state index in [4.69, 9.17) is 0 Å². The third-order valence-corrected chi connectivity index (χ3v) is 7.68. The van der Waals surface area contributed by atoms with Gasteiger partial charge in [0, 0.05) is 17.0 Å². The van der Waals surface area contributed by atoms with Crippen LogP contribution in [0, 0.1) is 21.4 Å². The maximum atomic E-state index is 12.9. The number of hydrogen-bond acceptors (Lipinski definition) is 5. The van der Waals surface area contributed by atoms with E-state index in [1.807, 2.05) is 0 Å². The molecule has 7 heteroatoms. The molecule has 2 aliphatic rings. The first-order valence-corrected chi connectivity index (χ1v) is 10.6. The van der Waals surface area contributed by atoms with E-state index in [9.17, 15) is 14.9 Å².